The summed E-state index contributed by atoms with van der Waals surface area (Å²) in [4.78, 5) is 20.8. The van der Waals surface area contributed by atoms with Gasteiger partial charge in [0.15, 0.2) is 0 Å². The van der Waals surface area contributed by atoms with E-state index in [1.165, 1.54) is 12.1 Å². The molecule has 1 aromatic heterocycles. The molecule has 0 radical (unpaired) electrons. The van der Waals surface area contributed by atoms with Crippen LogP contribution in [0.15, 0.2) is 36.5 Å². The fraction of sp³-hybridized carbons (Fsp3) is 0.435. The van der Waals surface area contributed by atoms with Crippen molar-refractivity contribution in [3.05, 3.63) is 58.9 Å². The highest BCUT2D eigenvalue weighted by Gasteiger charge is 2.50. The number of hydrogen-bond acceptors (Lipinski definition) is 5. The topological polar surface area (TPSA) is 80.5 Å². The van der Waals surface area contributed by atoms with Crippen LogP contribution in [0.25, 0.3) is 0 Å². The summed E-state index contributed by atoms with van der Waals surface area (Å²) in [6, 6.07) is 8.88. The van der Waals surface area contributed by atoms with E-state index in [-0.39, 0.29) is 18.4 Å². The summed E-state index contributed by atoms with van der Waals surface area (Å²) in [5.74, 6) is -0.273. The normalized spacial score (nSPS) is 23.1. The van der Waals surface area contributed by atoms with Crippen LogP contribution in [0.5, 0.6) is 0 Å². The molecule has 0 saturated carbocycles. The van der Waals surface area contributed by atoms with Crippen molar-refractivity contribution < 1.29 is 23.1 Å². The number of carbonyl (C=O) groups is 1. The second kappa shape index (κ2) is 8.10. The number of aryl methyl sites for hydroxylation is 1. The van der Waals surface area contributed by atoms with Crippen molar-refractivity contribution >= 4 is 11.6 Å². The van der Waals surface area contributed by atoms with Crippen molar-refractivity contribution in [1.29, 1.82) is 5.26 Å². The van der Waals surface area contributed by atoms with E-state index in [1.807, 2.05) is 17.9 Å². The maximum Gasteiger partial charge on any atom is 0.417 e. The molecule has 0 aliphatic carbocycles. The third-order valence-corrected chi connectivity index (χ3v) is 6.74. The molecule has 0 unspecified atom stereocenters. The Morgan fingerprint density at radius 3 is 2.78 bits per heavy atom. The van der Waals surface area contributed by atoms with Gasteiger partial charge in [-0.1, -0.05) is 6.07 Å². The first kappa shape index (κ1) is 22.1. The van der Waals surface area contributed by atoms with Crippen LogP contribution in [0, 0.1) is 29.6 Å². The van der Waals surface area contributed by atoms with Gasteiger partial charge in [-0.15, -0.1) is 0 Å². The molecule has 0 bridgehead atoms. The summed E-state index contributed by atoms with van der Waals surface area (Å²) in [7, 11) is 0. The Hall–Kier alpha value is -3.12. The average Bonchev–Trinajstić information content (AvgIpc) is 3.17. The maximum absolute atomic E-state index is 13.4. The number of fused-ring (bicyclic) bond motifs is 1. The zero-order valence-electron chi connectivity index (χ0n) is 17.6. The van der Waals surface area contributed by atoms with Crippen molar-refractivity contribution in [3.63, 3.8) is 0 Å². The van der Waals surface area contributed by atoms with E-state index in [0.717, 1.165) is 11.6 Å². The minimum absolute atomic E-state index is 0.0980. The van der Waals surface area contributed by atoms with Gasteiger partial charge in [0.2, 0.25) is 0 Å². The highest BCUT2D eigenvalue weighted by molar-refractivity contribution is 5.93. The second-order valence-electron chi connectivity index (χ2n) is 8.61. The van der Waals surface area contributed by atoms with E-state index in [0.29, 0.717) is 44.0 Å². The quantitative estimate of drug-likeness (QED) is 0.786. The van der Waals surface area contributed by atoms with E-state index < -0.39 is 22.7 Å². The highest BCUT2D eigenvalue weighted by Crippen LogP contribution is 2.45. The number of aromatic nitrogens is 1. The lowest BCUT2D eigenvalue weighted by Crippen LogP contribution is -2.50. The molecule has 2 saturated heterocycles. The summed E-state index contributed by atoms with van der Waals surface area (Å²) >= 11 is 0. The number of halogens is 3. The van der Waals surface area contributed by atoms with Crippen molar-refractivity contribution in [2.45, 2.75) is 19.5 Å². The molecule has 9 heteroatoms. The molecule has 0 spiro atoms. The molecule has 6 nitrogen and oxygen atoms in total. The molecule has 2 atom stereocenters. The Kier molecular flexibility index (Phi) is 5.59. The van der Waals surface area contributed by atoms with Gasteiger partial charge in [0.1, 0.15) is 5.69 Å². The van der Waals surface area contributed by atoms with Crippen LogP contribution in [-0.4, -0.2) is 53.7 Å². The molecule has 2 aliphatic heterocycles. The number of carbonyl (C=O) groups excluding carboxylic acids is 1. The maximum atomic E-state index is 13.4. The van der Waals surface area contributed by atoms with E-state index in [2.05, 4.69) is 4.98 Å². The zero-order chi connectivity index (χ0) is 23.1. The van der Waals surface area contributed by atoms with Crippen LogP contribution in [0.1, 0.15) is 33.6 Å². The Bertz CT molecular complexity index is 1080. The third-order valence-electron chi connectivity index (χ3n) is 6.74. The fourth-order valence-corrected chi connectivity index (χ4v) is 4.84. The lowest BCUT2D eigenvalue weighted by atomic mass is 9.73. The summed E-state index contributed by atoms with van der Waals surface area (Å²) in [5.41, 5.74) is -0.355. The molecule has 1 N–H and O–H groups in total. The van der Waals surface area contributed by atoms with Gasteiger partial charge >= 0.3 is 6.18 Å². The molecule has 4 rings (SSSR count). The third kappa shape index (κ3) is 3.79. The number of rotatable bonds is 3. The zero-order valence-corrected chi connectivity index (χ0v) is 17.6. The first-order valence-electron chi connectivity index (χ1n) is 10.4. The number of likely N-dealkylation sites (tertiary alicyclic amines) is 1. The van der Waals surface area contributed by atoms with Gasteiger partial charge in [-0.2, -0.15) is 18.4 Å². The monoisotopic (exact) mass is 444 g/mol. The molecule has 2 fully saturated rings. The van der Waals surface area contributed by atoms with Gasteiger partial charge in [-0.25, -0.2) is 0 Å². The number of aliphatic hydroxyl groups is 1. The van der Waals surface area contributed by atoms with Crippen LogP contribution >= 0.6 is 0 Å². The van der Waals surface area contributed by atoms with Crippen molar-refractivity contribution in [1.82, 2.24) is 9.88 Å². The summed E-state index contributed by atoms with van der Waals surface area (Å²) in [6.07, 6.45) is -2.51. The second-order valence-corrected chi connectivity index (χ2v) is 8.61. The minimum Gasteiger partial charge on any atom is -0.396 e. The summed E-state index contributed by atoms with van der Waals surface area (Å²) in [6.45, 7) is 3.36. The molecule has 2 aliphatic rings. The first-order chi connectivity index (χ1) is 15.2. The summed E-state index contributed by atoms with van der Waals surface area (Å²) < 4.78 is 40.2. The molecule has 1 aromatic carbocycles. The number of nitrogens with zero attached hydrogens (tertiary/aromatic N) is 4. The molecular formula is C23H23F3N4O2. The van der Waals surface area contributed by atoms with Gasteiger partial charge in [0.05, 0.1) is 23.8 Å². The SMILES string of the molecule is Cc1cccnc1C(=O)N1CC[C@@]2(CO)CN(c3ccc(C#N)c(C(F)(F)F)c3)C[C@H]2C1. The van der Waals surface area contributed by atoms with Crippen LogP contribution in [-0.2, 0) is 6.18 Å². The predicted molar refractivity (Wildman–Crippen MR) is 111 cm³/mol. The van der Waals surface area contributed by atoms with Gasteiger partial charge in [-0.3, -0.25) is 9.78 Å². The standard InChI is InChI=1S/C23H23F3N4O2/c1-15-3-2-7-28-20(15)21(32)29-8-6-22(14-31)13-30(12-17(22)11-29)18-5-4-16(10-27)19(9-18)23(24,25)26/h2-5,7,9,17,31H,6,8,11-14H2,1H3/t17-,22+/m1/s1. The number of benzene rings is 1. The van der Waals surface area contributed by atoms with Crippen molar-refractivity contribution in [2.75, 3.05) is 37.7 Å². The van der Waals surface area contributed by atoms with E-state index in [4.69, 9.17) is 5.26 Å². The Morgan fingerprint density at radius 1 is 1.34 bits per heavy atom. The van der Waals surface area contributed by atoms with Crippen molar-refractivity contribution in [3.8, 4) is 6.07 Å². The predicted octanol–water partition coefficient (Wildman–Crippen LogP) is 3.24. The van der Waals surface area contributed by atoms with E-state index in [1.54, 1.807) is 23.2 Å². The fourth-order valence-electron chi connectivity index (χ4n) is 4.84. The molecular weight excluding hydrogens is 421 g/mol. The number of anilines is 1. The Labute approximate surface area is 183 Å². The number of amides is 1. The number of nitriles is 1. The van der Waals surface area contributed by atoms with Crippen LogP contribution in [0.4, 0.5) is 18.9 Å². The number of hydrogen-bond donors (Lipinski definition) is 1. The molecule has 168 valence electrons. The number of piperidine rings is 1. The Balaban J connectivity index is 1.58. The number of aliphatic hydroxyl groups excluding tert-OH is 1. The molecule has 32 heavy (non-hydrogen) atoms. The highest BCUT2D eigenvalue weighted by atomic mass is 19.4. The molecule has 3 heterocycles. The van der Waals surface area contributed by atoms with Crippen LogP contribution < -0.4 is 4.90 Å². The van der Waals surface area contributed by atoms with E-state index >= 15 is 0 Å². The van der Waals surface area contributed by atoms with Crippen LogP contribution in [0.3, 0.4) is 0 Å². The summed E-state index contributed by atoms with van der Waals surface area (Å²) in [5, 5.41) is 19.2. The largest absolute Gasteiger partial charge is 0.417 e. The van der Waals surface area contributed by atoms with Gasteiger partial charge < -0.3 is 14.9 Å². The van der Waals surface area contributed by atoms with Crippen LogP contribution in [0.2, 0.25) is 0 Å². The smallest absolute Gasteiger partial charge is 0.396 e. The number of pyridine rings is 1. The molecule has 2 aromatic rings. The average molecular weight is 444 g/mol. The van der Waals surface area contributed by atoms with Crippen molar-refractivity contribution in [2.24, 2.45) is 11.3 Å². The van der Waals surface area contributed by atoms with Gasteiger partial charge in [0.25, 0.3) is 5.91 Å². The minimum atomic E-state index is -4.63. The van der Waals surface area contributed by atoms with Gasteiger partial charge in [0, 0.05) is 49.4 Å². The number of alkyl halides is 3. The van der Waals surface area contributed by atoms with Gasteiger partial charge in [-0.05, 0) is 43.2 Å². The lowest BCUT2D eigenvalue weighted by Gasteiger charge is -2.42. The Morgan fingerprint density at radius 2 is 2.12 bits per heavy atom. The van der Waals surface area contributed by atoms with E-state index in [9.17, 15) is 23.1 Å². The first-order valence-corrected chi connectivity index (χ1v) is 10.4. The lowest BCUT2D eigenvalue weighted by molar-refractivity contribution is -0.137. The molecule has 1 amide bonds.